The molecule has 6 rings (SSSR count). The van der Waals surface area contributed by atoms with Gasteiger partial charge in [-0.05, 0) is 31.0 Å². The number of rotatable bonds is 4. The molecule has 3 aliphatic heterocycles. The predicted molar refractivity (Wildman–Crippen MR) is 116 cm³/mol. The Bertz CT molecular complexity index is 1100. The number of hydrogen-bond acceptors (Lipinski definition) is 7. The van der Waals surface area contributed by atoms with E-state index in [0.717, 1.165) is 18.7 Å². The Morgan fingerprint density at radius 3 is 2.65 bits per heavy atom. The van der Waals surface area contributed by atoms with Crippen LogP contribution >= 0.6 is 11.6 Å². The molecule has 3 aliphatic rings. The van der Waals surface area contributed by atoms with Crippen molar-refractivity contribution in [3.63, 3.8) is 0 Å². The number of nitrogens with zero attached hydrogens (tertiary/aromatic N) is 3. The number of aromatic nitrogens is 3. The van der Waals surface area contributed by atoms with Crippen LogP contribution in [0.2, 0.25) is 5.02 Å². The van der Waals surface area contributed by atoms with Gasteiger partial charge in [-0.3, -0.25) is 0 Å². The third-order valence-corrected chi connectivity index (χ3v) is 6.55. The summed E-state index contributed by atoms with van der Waals surface area (Å²) in [6.07, 6.45) is 0.888. The van der Waals surface area contributed by atoms with Gasteiger partial charge >= 0.3 is 0 Å². The number of pyridine rings is 1. The highest BCUT2D eigenvalue weighted by Crippen LogP contribution is 2.33. The molecule has 0 spiro atoms. The lowest BCUT2D eigenvalue weighted by atomic mass is 10.1. The Morgan fingerprint density at radius 2 is 1.84 bits per heavy atom. The summed E-state index contributed by atoms with van der Waals surface area (Å²) in [6.45, 7) is 2.81. The van der Waals surface area contributed by atoms with Gasteiger partial charge in [-0.1, -0.05) is 23.7 Å². The van der Waals surface area contributed by atoms with E-state index < -0.39 is 6.10 Å². The van der Waals surface area contributed by atoms with Gasteiger partial charge in [0.1, 0.15) is 18.3 Å². The normalized spacial score (nSPS) is 27.9. The quantitative estimate of drug-likeness (QED) is 0.641. The maximum absolute atomic E-state index is 9.89. The second-order valence-electron chi connectivity index (χ2n) is 8.29. The van der Waals surface area contributed by atoms with Gasteiger partial charge in [-0.15, -0.1) is 0 Å². The highest BCUT2D eigenvalue weighted by molar-refractivity contribution is 6.33. The van der Waals surface area contributed by atoms with Crippen LogP contribution in [0.3, 0.4) is 0 Å². The number of nitrogens with one attached hydrogen (secondary N) is 1. The molecule has 3 aromatic rings. The summed E-state index contributed by atoms with van der Waals surface area (Å²) in [5.74, 6) is 0. The minimum absolute atomic E-state index is 0.256. The lowest BCUT2D eigenvalue weighted by Crippen LogP contribution is -2.34. The lowest BCUT2D eigenvalue weighted by Gasteiger charge is -2.17. The summed E-state index contributed by atoms with van der Waals surface area (Å²) in [4.78, 5) is 14.7. The molecule has 4 atom stereocenters. The summed E-state index contributed by atoms with van der Waals surface area (Å²) in [6, 6.07) is 10.5. The summed E-state index contributed by atoms with van der Waals surface area (Å²) in [7, 11) is 0. The Morgan fingerprint density at radius 1 is 1.06 bits per heavy atom. The van der Waals surface area contributed by atoms with Crippen molar-refractivity contribution in [2.24, 2.45) is 0 Å². The van der Waals surface area contributed by atoms with E-state index in [4.69, 9.17) is 25.8 Å². The molecule has 162 valence electrons. The second kappa shape index (κ2) is 7.63. The molecular weight excluding hydrogens is 420 g/mol. The first-order valence-electron chi connectivity index (χ1n) is 10.7. The molecule has 1 aromatic carbocycles. The molecule has 31 heavy (non-hydrogen) atoms. The first kappa shape index (κ1) is 19.3. The van der Waals surface area contributed by atoms with Crippen LogP contribution in [0.25, 0.3) is 22.4 Å². The maximum Gasteiger partial charge on any atom is 0.296 e. The van der Waals surface area contributed by atoms with Crippen molar-refractivity contribution in [2.75, 3.05) is 31.2 Å². The monoisotopic (exact) mass is 442 g/mol. The van der Waals surface area contributed by atoms with E-state index in [1.165, 1.54) is 18.5 Å². The Balaban J connectivity index is 1.24. The van der Waals surface area contributed by atoms with Gasteiger partial charge in [0.2, 0.25) is 0 Å². The number of fused-ring (bicyclic) bond motifs is 2. The van der Waals surface area contributed by atoms with E-state index in [1.54, 1.807) is 0 Å². The van der Waals surface area contributed by atoms with Gasteiger partial charge in [-0.2, -0.15) is 4.98 Å². The van der Waals surface area contributed by atoms with E-state index >= 15 is 0 Å². The van der Waals surface area contributed by atoms with Crippen LogP contribution < -0.4 is 9.64 Å². The van der Waals surface area contributed by atoms with Gasteiger partial charge < -0.3 is 29.2 Å². The summed E-state index contributed by atoms with van der Waals surface area (Å²) in [5, 5.41) is 10.4. The first-order chi connectivity index (χ1) is 15.2. The molecule has 9 heteroatoms. The molecular formula is C22H23ClN4O4. The van der Waals surface area contributed by atoms with Gasteiger partial charge in [0, 0.05) is 24.3 Å². The third kappa shape index (κ3) is 3.43. The van der Waals surface area contributed by atoms with Crippen molar-refractivity contribution in [3.05, 3.63) is 35.4 Å². The fraction of sp³-hybridized carbons (Fsp3) is 0.455. The number of imidazole rings is 1. The zero-order valence-corrected chi connectivity index (χ0v) is 17.6. The van der Waals surface area contributed by atoms with Crippen LogP contribution in [0.15, 0.2) is 30.3 Å². The number of halogens is 1. The number of anilines is 1. The largest absolute Gasteiger partial charge is 0.456 e. The fourth-order valence-corrected chi connectivity index (χ4v) is 4.91. The number of ether oxygens (including phenoxy) is 3. The van der Waals surface area contributed by atoms with Crippen LogP contribution in [0.4, 0.5) is 5.69 Å². The molecule has 2 N–H and O–H groups in total. The highest BCUT2D eigenvalue weighted by Gasteiger charge is 2.48. The number of aliphatic hydroxyl groups is 1. The summed E-state index contributed by atoms with van der Waals surface area (Å²) in [5.41, 5.74) is 4.08. The average molecular weight is 443 g/mol. The summed E-state index contributed by atoms with van der Waals surface area (Å²) >= 11 is 6.54. The molecule has 3 saturated heterocycles. The zero-order valence-electron chi connectivity index (χ0n) is 16.8. The SMILES string of the molecule is O[C@@H]1CO[C@H]2C1OC[C@H]2Oc1nc2nc(-c3ccc(N4CCCC4)cc3)c(Cl)cc2[nH]1. The molecule has 0 amide bonds. The molecule has 1 unspecified atom stereocenters. The fourth-order valence-electron chi connectivity index (χ4n) is 4.65. The molecule has 5 heterocycles. The topological polar surface area (TPSA) is 92.7 Å². The van der Waals surface area contributed by atoms with E-state index in [-0.39, 0.29) is 24.9 Å². The Hall–Kier alpha value is -2.39. The molecule has 0 bridgehead atoms. The lowest BCUT2D eigenvalue weighted by molar-refractivity contribution is 0.00706. The van der Waals surface area contributed by atoms with Crippen LogP contribution in [-0.2, 0) is 9.47 Å². The van der Waals surface area contributed by atoms with Gasteiger partial charge in [0.15, 0.2) is 11.8 Å². The van der Waals surface area contributed by atoms with E-state index in [9.17, 15) is 5.11 Å². The molecule has 3 fully saturated rings. The van der Waals surface area contributed by atoms with Crippen molar-refractivity contribution < 1.29 is 19.3 Å². The smallest absolute Gasteiger partial charge is 0.296 e. The Kier molecular flexibility index (Phi) is 4.75. The van der Waals surface area contributed by atoms with E-state index in [0.29, 0.717) is 34.5 Å². The molecule has 2 aromatic heterocycles. The van der Waals surface area contributed by atoms with Crippen LogP contribution in [0.1, 0.15) is 12.8 Å². The van der Waals surface area contributed by atoms with Gasteiger partial charge in [-0.25, -0.2) is 4.98 Å². The van der Waals surface area contributed by atoms with Crippen molar-refractivity contribution in [1.29, 1.82) is 0 Å². The van der Waals surface area contributed by atoms with Crippen LogP contribution in [0, 0.1) is 0 Å². The number of aliphatic hydroxyl groups excluding tert-OH is 1. The average Bonchev–Trinajstić information content (AvgIpc) is 3.55. The second-order valence-corrected chi connectivity index (χ2v) is 8.70. The van der Waals surface area contributed by atoms with Crippen molar-refractivity contribution in [1.82, 2.24) is 15.0 Å². The zero-order chi connectivity index (χ0) is 20.9. The molecule has 8 nitrogen and oxygen atoms in total. The number of aromatic amines is 1. The molecule has 0 aliphatic carbocycles. The van der Waals surface area contributed by atoms with Crippen molar-refractivity contribution >= 4 is 28.5 Å². The maximum atomic E-state index is 9.89. The van der Waals surface area contributed by atoms with Crippen molar-refractivity contribution in [3.8, 4) is 17.3 Å². The highest BCUT2D eigenvalue weighted by atomic mass is 35.5. The summed E-state index contributed by atoms with van der Waals surface area (Å²) < 4.78 is 17.2. The van der Waals surface area contributed by atoms with E-state index in [2.05, 4.69) is 44.1 Å². The third-order valence-electron chi connectivity index (χ3n) is 6.26. The first-order valence-corrected chi connectivity index (χ1v) is 11.0. The van der Waals surface area contributed by atoms with Crippen LogP contribution in [-0.4, -0.2) is 70.8 Å². The number of benzene rings is 1. The van der Waals surface area contributed by atoms with Crippen molar-refractivity contribution in [2.45, 2.75) is 37.3 Å². The minimum atomic E-state index is -0.617. The predicted octanol–water partition coefficient (Wildman–Crippen LogP) is 2.78. The minimum Gasteiger partial charge on any atom is -0.456 e. The molecule has 0 saturated carbocycles. The number of hydrogen-bond donors (Lipinski definition) is 2. The van der Waals surface area contributed by atoms with Gasteiger partial charge in [0.05, 0.1) is 29.4 Å². The van der Waals surface area contributed by atoms with Crippen LogP contribution in [0.5, 0.6) is 6.01 Å². The standard InChI is InChI=1S/C22H23ClN4O4/c23-14-9-15-21(25-18(14)12-3-5-13(6-4-12)27-7-1-2-8-27)26-22(24-15)31-17-11-30-19-16(28)10-29-20(17)19/h3-6,9,16-17,19-20,28H,1-2,7-8,10-11H2,(H,24,25,26)/t16-,17-,19?,20-/m1/s1. The number of H-pyrrole nitrogens is 1. The molecule has 0 radical (unpaired) electrons. The van der Waals surface area contributed by atoms with E-state index in [1.807, 2.05) is 6.07 Å². The van der Waals surface area contributed by atoms with Gasteiger partial charge in [0.25, 0.3) is 6.01 Å². The Labute approximate surface area is 184 Å².